The first-order valence-corrected chi connectivity index (χ1v) is 6.77. The molecule has 98 valence electrons. The number of rotatable bonds is 2. The molecule has 0 aliphatic heterocycles. The lowest BCUT2D eigenvalue weighted by Gasteiger charge is -2.04. The predicted octanol–water partition coefficient (Wildman–Crippen LogP) is 0.668. The van der Waals surface area contributed by atoms with Crippen molar-refractivity contribution in [1.29, 1.82) is 0 Å². The van der Waals surface area contributed by atoms with E-state index in [9.17, 15) is 8.42 Å². The summed E-state index contributed by atoms with van der Waals surface area (Å²) in [6.07, 6.45) is 3.90. The SMILES string of the molecule is Cc1noc(C)c1S(=O)(=O)n1cnc2ncncc21. The van der Waals surface area contributed by atoms with Crippen molar-refractivity contribution in [2.24, 2.45) is 0 Å². The molecule has 8 nitrogen and oxygen atoms in total. The van der Waals surface area contributed by atoms with Gasteiger partial charge in [0.25, 0.3) is 10.0 Å². The molecule has 9 heteroatoms. The summed E-state index contributed by atoms with van der Waals surface area (Å²) >= 11 is 0. The molecule has 0 saturated carbocycles. The molecule has 3 aromatic heterocycles. The Hall–Kier alpha value is -2.29. The van der Waals surface area contributed by atoms with E-state index >= 15 is 0 Å². The molecular formula is C10H9N5O3S. The molecule has 0 aromatic carbocycles. The summed E-state index contributed by atoms with van der Waals surface area (Å²) in [4.78, 5) is 11.7. The summed E-state index contributed by atoms with van der Waals surface area (Å²) < 4.78 is 31.1. The molecule has 0 unspecified atom stereocenters. The normalized spacial score (nSPS) is 12.1. The number of aromatic nitrogens is 5. The van der Waals surface area contributed by atoms with Crippen molar-refractivity contribution in [1.82, 2.24) is 24.1 Å². The van der Waals surface area contributed by atoms with Gasteiger partial charge in [-0.2, -0.15) is 0 Å². The smallest absolute Gasteiger partial charge is 0.275 e. The summed E-state index contributed by atoms with van der Waals surface area (Å²) in [5, 5.41) is 3.65. The van der Waals surface area contributed by atoms with E-state index in [4.69, 9.17) is 4.52 Å². The molecule has 0 aliphatic rings. The quantitative estimate of drug-likeness (QED) is 0.678. The van der Waals surface area contributed by atoms with Gasteiger partial charge in [0.15, 0.2) is 16.3 Å². The zero-order chi connectivity index (χ0) is 13.6. The van der Waals surface area contributed by atoms with E-state index in [1.807, 2.05) is 0 Å². The Morgan fingerprint density at radius 2 is 2.05 bits per heavy atom. The van der Waals surface area contributed by atoms with Crippen LogP contribution in [0.2, 0.25) is 0 Å². The lowest BCUT2D eigenvalue weighted by molar-refractivity contribution is 0.390. The molecule has 0 saturated heterocycles. The van der Waals surface area contributed by atoms with Crippen LogP contribution in [-0.4, -0.2) is 32.5 Å². The summed E-state index contributed by atoms with van der Waals surface area (Å²) in [7, 11) is -3.82. The van der Waals surface area contributed by atoms with Crippen molar-refractivity contribution in [3.8, 4) is 0 Å². The van der Waals surface area contributed by atoms with Gasteiger partial charge >= 0.3 is 0 Å². The number of hydrogen-bond donors (Lipinski definition) is 0. The molecule has 0 bridgehead atoms. The second-order valence-electron chi connectivity index (χ2n) is 3.93. The second-order valence-corrected chi connectivity index (χ2v) is 5.68. The Balaban J connectivity index is 2.32. The Kier molecular flexibility index (Phi) is 2.39. The van der Waals surface area contributed by atoms with Crippen LogP contribution in [0.15, 0.2) is 28.3 Å². The van der Waals surface area contributed by atoms with E-state index in [1.165, 1.54) is 18.9 Å². The Labute approximate surface area is 108 Å². The fraction of sp³-hybridized carbons (Fsp3) is 0.200. The van der Waals surface area contributed by atoms with Crippen molar-refractivity contribution >= 4 is 21.2 Å². The molecule has 0 N–H and O–H groups in total. The van der Waals surface area contributed by atoms with E-state index in [0.29, 0.717) is 16.9 Å². The zero-order valence-corrected chi connectivity index (χ0v) is 10.9. The summed E-state index contributed by atoms with van der Waals surface area (Å²) in [5.74, 6) is 0.233. The van der Waals surface area contributed by atoms with Crippen LogP contribution >= 0.6 is 0 Å². The van der Waals surface area contributed by atoms with Gasteiger partial charge in [-0.1, -0.05) is 5.16 Å². The number of imidazole rings is 1. The van der Waals surface area contributed by atoms with Gasteiger partial charge in [-0.15, -0.1) is 0 Å². The van der Waals surface area contributed by atoms with Gasteiger partial charge in [0.2, 0.25) is 0 Å². The van der Waals surface area contributed by atoms with Gasteiger partial charge in [0.05, 0.1) is 6.20 Å². The van der Waals surface area contributed by atoms with Gasteiger partial charge < -0.3 is 4.52 Å². The third-order valence-corrected chi connectivity index (χ3v) is 4.59. The van der Waals surface area contributed by atoms with E-state index in [0.717, 1.165) is 3.97 Å². The van der Waals surface area contributed by atoms with E-state index < -0.39 is 10.0 Å². The first-order chi connectivity index (χ1) is 9.01. The van der Waals surface area contributed by atoms with Crippen molar-refractivity contribution in [3.05, 3.63) is 30.3 Å². The molecule has 0 atom stereocenters. The van der Waals surface area contributed by atoms with Crippen LogP contribution in [0.4, 0.5) is 0 Å². The van der Waals surface area contributed by atoms with Crippen molar-refractivity contribution < 1.29 is 12.9 Å². The van der Waals surface area contributed by atoms with Gasteiger partial charge in [-0.3, -0.25) is 0 Å². The maximum absolute atomic E-state index is 12.6. The van der Waals surface area contributed by atoms with Crippen molar-refractivity contribution in [2.45, 2.75) is 18.7 Å². The minimum atomic E-state index is -3.82. The standard InChI is InChI=1S/C10H9N5O3S/c1-6-9(7(2)18-14-6)19(16,17)15-5-13-10-8(15)3-11-4-12-10/h3-5H,1-2H3. The van der Waals surface area contributed by atoms with Crippen molar-refractivity contribution in [3.63, 3.8) is 0 Å². The van der Waals surface area contributed by atoms with Gasteiger partial charge in [-0.25, -0.2) is 27.3 Å². The third kappa shape index (κ3) is 1.62. The first-order valence-electron chi connectivity index (χ1n) is 5.33. The number of aryl methyl sites for hydroxylation is 2. The fourth-order valence-electron chi connectivity index (χ4n) is 1.87. The highest BCUT2D eigenvalue weighted by Gasteiger charge is 2.27. The van der Waals surface area contributed by atoms with E-state index in [2.05, 4.69) is 20.1 Å². The first kappa shape index (κ1) is 11.8. The Morgan fingerprint density at radius 1 is 1.26 bits per heavy atom. The van der Waals surface area contributed by atoms with Gasteiger partial charge in [0, 0.05) is 0 Å². The van der Waals surface area contributed by atoms with E-state index in [1.54, 1.807) is 13.8 Å². The largest absolute Gasteiger partial charge is 0.360 e. The fourth-order valence-corrected chi connectivity index (χ4v) is 3.44. The summed E-state index contributed by atoms with van der Waals surface area (Å²) in [6.45, 7) is 3.11. The molecule has 0 radical (unpaired) electrons. The van der Waals surface area contributed by atoms with Gasteiger partial charge in [-0.05, 0) is 13.8 Å². The van der Waals surface area contributed by atoms with Crippen LogP contribution in [0, 0.1) is 13.8 Å². The van der Waals surface area contributed by atoms with Crippen LogP contribution in [0.1, 0.15) is 11.5 Å². The summed E-state index contributed by atoms with van der Waals surface area (Å²) in [6, 6.07) is 0. The summed E-state index contributed by atoms with van der Waals surface area (Å²) in [5.41, 5.74) is 0.920. The van der Waals surface area contributed by atoms with Crippen LogP contribution in [0.5, 0.6) is 0 Å². The highest BCUT2D eigenvalue weighted by molar-refractivity contribution is 7.90. The van der Waals surface area contributed by atoms with Gasteiger partial charge in [0.1, 0.15) is 23.9 Å². The number of fused-ring (bicyclic) bond motifs is 1. The minimum absolute atomic E-state index is 0.0376. The van der Waals surface area contributed by atoms with Crippen LogP contribution < -0.4 is 0 Å². The molecule has 3 rings (SSSR count). The topological polar surface area (TPSA) is 104 Å². The Bertz CT molecular complexity index is 845. The molecular weight excluding hydrogens is 270 g/mol. The lowest BCUT2D eigenvalue weighted by Crippen LogP contribution is -2.13. The van der Waals surface area contributed by atoms with E-state index in [-0.39, 0.29) is 10.7 Å². The average molecular weight is 279 g/mol. The highest BCUT2D eigenvalue weighted by atomic mass is 32.2. The maximum atomic E-state index is 12.6. The third-order valence-electron chi connectivity index (χ3n) is 2.68. The van der Waals surface area contributed by atoms with Crippen molar-refractivity contribution in [2.75, 3.05) is 0 Å². The van der Waals surface area contributed by atoms with Crippen LogP contribution in [-0.2, 0) is 10.0 Å². The van der Waals surface area contributed by atoms with Crippen LogP contribution in [0.25, 0.3) is 11.2 Å². The highest BCUT2D eigenvalue weighted by Crippen LogP contribution is 2.24. The molecule has 0 fully saturated rings. The predicted molar refractivity (Wildman–Crippen MR) is 63.9 cm³/mol. The van der Waals surface area contributed by atoms with Crippen LogP contribution in [0.3, 0.4) is 0 Å². The average Bonchev–Trinajstić information content (AvgIpc) is 2.93. The monoisotopic (exact) mass is 279 g/mol. The maximum Gasteiger partial charge on any atom is 0.275 e. The molecule has 3 heterocycles. The molecule has 19 heavy (non-hydrogen) atoms. The minimum Gasteiger partial charge on any atom is -0.360 e. The zero-order valence-electron chi connectivity index (χ0n) is 10.1. The Morgan fingerprint density at radius 3 is 2.74 bits per heavy atom. The molecule has 0 amide bonds. The molecule has 0 aliphatic carbocycles. The second kappa shape index (κ2) is 3.85. The number of nitrogens with zero attached hydrogens (tertiary/aromatic N) is 5. The number of hydrogen-bond acceptors (Lipinski definition) is 7. The molecule has 0 spiro atoms. The molecule has 3 aromatic rings. The lowest BCUT2D eigenvalue weighted by atomic mass is 10.4.